The summed E-state index contributed by atoms with van der Waals surface area (Å²) in [6, 6.07) is 3.58. The fourth-order valence-electron chi connectivity index (χ4n) is 1.58. The minimum Gasteiger partial charge on any atom is -0.296 e. The number of pyridine rings is 1. The highest BCUT2D eigenvalue weighted by Gasteiger charge is 2.07. The fourth-order valence-corrected chi connectivity index (χ4v) is 1.58. The van der Waals surface area contributed by atoms with Crippen molar-refractivity contribution >= 4 is 6.29 Å². The number of nitrogens with zero attached hydrogens (tertiary/aromatic N) is 3. The van der Waals surface area contributed by atoms with Gasteiger partial charge in [0, 0.05) is 18.8 Å². The quantitative estimate of drug-likeness (QED) is 0.693. The van der Waals surface area contributed by atoms with Crippen LogP contribution in [0.25, 0.3) is 11.3 Å². The van der Waals surface area contributed by atoms with Crippen molar-refractivity contribution in [1.29, 1.82) is 0 Å². The van der Waals surface area contributed by atoms with Crippen LogP contribution in [0.1, 0.15) is 16.1 Å². The van der Waals surface area contributed by atoms with Crippen LogP contribution in [-0.4, -0.2) is 21.1 Å². The van der Waals surface area contributed by atoms with Crippen molar-refractivity contribution in [2.24, 2.45) is 7.05 Å². The molecule has 0 saturated carbocycles. The third-order valence-electron chi connectivity index (χ3n) is 2.30. The fraction of sp³-hybridized carbons (Fsp3) is 0.182. The van der Waals surface area contributed by atoms with Gasteiger partial charge in [-0.05, 0) is 24.6 Å². The Balaban J connectivity index is 2.50. The van der Waals surface area contributed by atoms with E-state index in [9.17, 15) is 4.79 Å². The first kappa shape index (κ1) is 9.58. The normalized spacial score (nSPS) is 10.3. The second-order valence-corrected chi connectivity index (χ2v) is 3.39. The van der Waals surface area contributed by atoms with Crippen LogP contribution in [0.5, 0.6) is 0 Å². The van der Waals surface area contributed by atoms with E-state index in [1.807, 2.05) is 26.2 Å². The molecule has 2 rings (SSSR count). The zero-order chi connectivity index (χ0) is 10.8. The SMILES string of the molecule is Cc1cnn(C)c1-c1ccc(C=O)nc1. The molecular formula is C11H11N3O. The van der Waals surface area contributed by atoms with Crippen LogP contribution in [0.15, 0.2) is 24.5 Å². The number of aromatic nitrogens is 3. The van der Waals surface area contributed by atoms with Gasteiger partial charge >= 0.3 is 0 Å². The van der Waals surface area contributed by atoms with Crippen LogP contribution in [0.2, 0.25) is 0 Å². The highest BCUT2D eigenvalue weighted by Crippen LogP contribution is 2.21. The van der Waals surface area contributed by atoms with Gasteiger partial charge in [-0.3, -0.25) is 14.5 Å². The minimum absolute atomic E-state index is 0.443. The lowest BCUT2D eigenvalue weighted by molar-refractivity contribution is 0.111. The van der Waals surface area contributed by atoms with E-state index in [0.29, 0.717) is 5.69 Å². The molecule has 0 fully saturated rings. The molecule has 4 heteroatoms. The zero-order valence-electron chi connectivity index (χ0n) is 8.64. The van der Waals surface area contributed by atoms with Crippen LogP contribution in [0.3, 0.4) is 0 Å². The lowest BCUT2D eigenvalue weighted by Gasteiger charge is -2.03. The largest absolute Gasteiger partial charge is 0.296 e. The van der Waals surface area contributed by atoms with E-state index in [-0.39, 0.29) is 0 Å². The second-order valence-electron chi connectivity index (χ2n) is 3.39. The smallest absolute Gasteiger partial charge is 0.168 e. The molecule has 0 aliphatic rings. The molecule has 2 aromatic heterocycles. The maximum atomic E-state index is 10.5. The lowest BCUT2D eigenvalue weighted by Crippen LogP contribution is -1.95. The number of aryl methyl sites for hydroxylation is 2. The average Bonchev–Trinajstić information content (AvgIpc) is 2.59. The van der Waals surface area contributed by atoms with Gasteiger partial charge in [0.05, 0.1) is 11.9 Å². The third-order valence-corrected chi connectivity index (χ3v) is 2.30. The highest BCUT2D eigenvalue weighted by molar-refractivity contribution is 5.73. The molecule has 2 aromatic rings. The third kappa shape index (κ3) is 1.66. The Kier molecular flexibility index (Phi) is 2.33. The summed E-state index contributed by atoms with van der Waals surface area (Å²) in [6.45, 7) is 2.00. The molecule has 0 amide bonds. The molecule has 0 unspecified atom stereocenters. The van der Waals surface area contributed by atoms with Gasteiger partial charge in [0.15, 0.2) is 6.29 Å². The van der Waals surface area contributed by atoms with Gasteiger partial charge < -0.3 is 0 Å². The first-order valence-electron chi connectivity index (χ1n) is 4.62. The maximum absolute atomic E-state index is 10.5. The Morgan fingerprint density at radius 1 is 1.33 bits per heavy atom. The van der Waals surface area contributed by atoms with E-state index in [1.165, 1.54) is 0 Å². The number of aldehydes is 1. The van der Waals surface area contributed by atoms with Gasteiger partial charge in [0.2, 0.25) is 0 Å². The van der Waals surface area contributed by atoms with E-state index in [2.05, 4.69) is 10.1 Å². The van der Waals surface area contributed by atoms with Gasteiger partial charge in [0.25, 0.3) is 0 Å². The van der Waals surface area contributed by atoms with Crippen LogP contribution in [0, 0.1) is 6.92 Å². The van der Waals surface area contributed by atoms with Gasteiger partial charge in [-0.15, -0.1) is 0 Å². The molecular weight excluding hydrogens is 190 g/mol. The first-order chi connectivity index (χ1) is 7.22. The first-order valence-corrected chi connectivity index (χ1v) is 4.62. The van der Waals surface area contributed by atoms with E-state index in [0.717, 1.165) is 23.1 Å². The van der Waals surface area contributed by atoms with Crippen molar-refractivity contribution in [3.05, 3.63) is 35.8 Å². The van der Waals surface area contributed by atoms with Gasteiger partial charge in [-0.1, -0.05) is 0 Å². The van der Waals surface area contributed by atoms with Crippen molar-refractivity contribution in [2.75, 3.05) is 0 Å². The summed E-state index contributed by atoms with van der Waals surface area (Å²) in [4.78, 5) is 14.5. The number of carbonyl (C=O) groups is 1. The number of rotatable bonds is 2. The Bertz CT molecular complexity index is 466. The molecule has 0 aliphatic heterocycles. The Labute approximate surface area is 87.6 Å². The van der Waals surface area contributed by atoms with Gasteiger partial charge in [-0.25, -0.2) is 0 Å². The van der Waals surface area contributed by atoms with Gasteiger partial charge in [0.1, 0.15) is 5.69 Å². The summed E-state index contributed by atoms with van der Waals surface area (Å²) >= 11 is 0. The monoisotopic (exact) mass is 201 g/mol. The van der Waals surface area contributed by atoms with E-state index >= 15 is 0 Å². The van der Waals surface area contributed by atoms with E-state index in [4.69, 9.17) is 0 Å². The Hall–Kier alpha value is -1.97. The topological polar surface area (TPSA) is 47.8 Å². The van der Waals surface area contributed by atoms with E-state index in [1.54, 1.807) is 16.9 Å². The molecule has 0 aromatic carbocycles. The lowest BCUT2D eigenvalue weighted by atomic mass is 10.1. The average molecular weight is 201 g/mol. The summed E-state index contributed by atoms with van der Waals surface area (Å²) in [5, 5.41) is 4.15. The minimum atomic E-state index is 0.443. The van der Waals surface area contributed by atoms with E-state index < -0.39 is 0 Å². The molecule has 0 atom stereocenters. The van der Waals surface area contributed by atoms with Crippen molar-refractivity contribution in [3.63, 3.8) is 0 Å². The van der Waals surface area contributed by atoms with Crippen LogP contribution in [-0.2, 0) is 7.05 Å². The van der Waals surface area contributed by atoms with Crippen molar-refractivity contribution in [2.45, 2.75) is 6.92 Å². The maximum Gasteiger partial charge on any atom is 0.168 e. The van der Waals surface area contributed by atoms with Crippen LogP contribution >= 0.6 is 0 Å². The second kappa shape index (κ2) is 3.65. The summed E-state index contributed by atoms with van der Waals surface area (Å²) in [7, 11) is 1.88. The molecule has 15 heavy (non-hydrogen) atoms. The number of hydrogen-bond acceptors (Lipinski definition) is 3. The van der Waals surface area contributed by atoms with Gasteiger partial charge in [-0.2, -0.15) is 5.10 Å². The molecule has 0 saturated heterocycles. The molecule has 0 bridgehead atoms. The Morgan fingerprint density at radius 3 is 2.60 bits per heavy atom. The molecule has 0 spiro atoms. The number of hydrogen-bond donors (Lipinski definition) is 0. The molecule has 2 heterocycles. The standard InChI is InChI=1S/C11H11N3O/c1-8-5-13-14(2)11(8)9-3-4-10(7-15)12-6-9/h3-7H,1-2H3. The molecule has 0 aliphatic carbocycles. The predicted molar refractivity (Wildman–Crippen MR) is 56.6 cm³/mol. The predicted octanol–water partition coefficient (Wildman–Crippen LogP) is 1.60. The highest BCUT2D eigenvalue weighted by atomic mass is 16.1. The summed E-state index contributed by atoms with van der Waals surface area (Å²) in [6.07, 6.45) is 4.23. The summed E-state index contributed by atoms with van der Waals surface area (Å²) < 4.78 is 1.80. The molecule has 4 nitrogen and oxygen atoms in total. The van der Waals surface area contributed by atoms with Crippen LogP contribution < -0.4 is 0 Å². The zero-order valence-corrected chi connectivity index (χ0v) is 8.64. The summed E-state index contributed by atoms with van der Waals surface area (Å²) in [5.41, 5.74) is 3.54. The molecule has 0 N–H and O–H groups in total. The number of carbonyl (C=O) groups excluding carboxylic acids is 1. The molecule has 0 radical (unpaired) electrons. The van der Waals surface area contributed by atoms with Crippen molar-refractivity contribution < 1.29 is 4.79 Å². The van der Waals surface area contributed by atoms with Crippen molar-refractivity contribution in [1.82, 2.24) is 14.8 Å². The summed E-state index contributed by atoms with van der Waals surface area (Å²) in [5.74, 6) is 0. The van der Waals surface area contributed by atoms with Crippen LogP contribution in [0.4, 0.5) is 0 Å². The Morgan fingerprint density at radius 2 is 2.13 bits per heavy atom. The van der Waals surface area contributed by atoms with Crippen molar-refractivity contribution in [3.8, 4) is 11.3 Å². The molecule has 76 valence electrons.